The molecule has 0 atom stereocenters. The number of rotatable bonds is 5. The standard InChI is InChI=1S/C11H14O2S/c1-2-8-13-9-11(12)14-10-6-4-3-5-7-10/h3-7H,2,8-9H2,1H3. The lowest BCUT2D eigenvalue weighted by Gasteiger charge is -2.01. The smallest absolute Gasteiger partial charge is 0.219 e. The molecule has 1 rings (SSSR count). The van der Waals surface area contributed by atoms with Crippen LogP contribution in [0.3, 0.4) is 0 Å². The molecule has 0 aromatic heterocycles. The number of benzene rings is 1. The van der Waals surface area contributed by atoms with Crippen molar-refractivity contribution in [3.8, 4) is 0 Å². The molecule has 1 aromatic carbocycles. The highest BCUT2D eigenvalue weighted by molar-refractivity contribution is 8.13. The van der Waals surface area contributed by atoms with Crippen LogP contribution in [0.2, 0.25) is 0 Å². The summed E-state index contributed by atoms with van der Waals surface area (Å²) in [4.78, 5) is 12.3. The van der Waals surface area contributed by atoms with Gasteiger partial charge in [-0.15, -0.1) is 0 Å². The van der Waals surface area contributed by atoms with Gasteiger partial charge in [-0.1, -0.05) is 25.1 Å². The number of hydrogen-bond acceptors (Lipinski definition) is 3. The van der Waals surface area contributed by atoms with Crippen LogP contribution in [0.5, 0.6) is 0 Å². The second-order valence-corrected chi connectivity index (χ2v) is 3.97. The number of thioether (sulfide) groups is 1. The fraction of sp³-hybridized carbons (Fsp3) is 0.364. The predicted octanol–water partition coefficient (Wildman–Crippen LogP) is 2.73. The summed E-state index contributed by atoms with van der Waals surface area (Å²) in [7, 11) is 0. The molecular formula is C11H14O2S. The fourth-order valence-electron chi connectivity index (χ4n) is 0.949. The number of hydrogen-bond donors (Lipinski definition) is 0. The van der Waals surface area contributed by atoms with Crippen molar-refractivity contribution in [2.24, 2.45) is 0 Å². The third-order valence-electron chi connectivity index (χ3n) is 1.54. The Kier molecular flexibility index (Phi) is 5.33. The lowest BCUT2D eigenvalue weighted by Crippen LogP contribution is -2.04. The van der Waals surface area contributed by atoms with Crippen molar-refractivity contribution in [2.45, 2.75) is 18.2 Å². The Morgan fingerprint density at radius 3 is 2.71 bits per heavy atom. The third kappa shape index (κ3) is 4.44. The zero-order valence-corrected chi connectivity index (χ0v) is 9.05. The predicted molar refractivity (Wildman–Crippen MR) is 58.4 cm³/mol. The van der Waals surface area contributed by atoms with E-state index in [2.05, 4.69) is 0 Å². The summed E-state index contributed by atoms with van der Waals surface area (Å²) < 4.78 is 5.15. The second kappa shape index (κ2) is 6.62. The molecule has 0 bridgehead atoms. The summed E-state index contributed by atoms with van der Waals surface area (Å²) >= 11 is 1.23. The molecule has 0 saturated carbocycles. The van der Waals surface area contributed by atoms with Gasteiger partial charge in [0, 0.05) is 11.5 Å². The van der Waals surface area contributed by atoms with Gasteiger partial charge in [-0.05, 0) is 30.3 Å². The van der Waals surface area contributed by atoms with Crippen LogP contribution in [0.25, 0.3) is 0 Å². The molecule has 0 radical (unpaired) electrons. The first-order valence-electron chi connectivity index (χ1n) is 4.66. The average Bonchev–Trinajstić information content (AvgIpc) is 2.20. The summed E-state index contributed by atoms with van der Waals surface area (Å²) in [5.74, 6) is 0. The molecule has 0 amide bonds. The van der Waals surface area contributed by atoms with E-state index in [0.29, 0.717) is 6.61 Å². The molecule has 0 spiro atoms. The highest BCUT2D eigenvalue weighted by Gasteiger charge is 2.03. The first-order chi connectivity index (χ1) is 6.83. The van der Waals surface area contributed by atoms with Gasteiger partial charge < -0.3 is 4.74 Å². The van der Waals surface area contributed by atoms with E-state index in [1.54, 1.807) is 0 Å². The van der Waals surface area contributed by atoms with Crippen molar-refractivity contribution in [3.05, 3.63) is 30.3 Å². The highest BCUT2D eigenvalue weighted by Crippen LogP contribution is 2.17. The molecule has 1 aromatic rings. The van der Waals surface area contributed by atoms with Gasteiger partial charge in [0.2, 0.25) is 5.12 Å². The van der Waals surface area contributed by atoms with Gasteiger partial charge in [-0.3, -0.25) is 4.79 Å². The lowest BCUT2D eigenvalue weighted by molar-refractivity contribution is -0.115. The number of carbonyl (C=O) groups is 1. The van der Waals surface area contributed by atoms with Crippen LogP contribution in [0.4, 0.5) is 0 Å². The third-order valence-corrected chi connectivity index (χ3v) is 2.40. The highest BCUT2D eigenvalue weighted by atomic mass is 32.2. The van der Waals surface area contributed by atoms with E-state index >= 15 is 0 Å². The lowest BCUT2D eigenvalue weighted by atomic mass is 10.4. The Labute approximate surface area is 88.7 Å². The molecule has 0 aliphatic carbocycles. The molecule has 0 aliphatic heterocycles. The summed E-state index contributed by atoms with van der Waals surface area (Å²) in [5, 5.41) is 0.0599. The Morgan fingerprint density at radius 2 is 2.07 bits per heavy atom. The van der Waals surface area contributed by atoms with Crippen molar-refractivity contribution in [2.75, 3.05) is 13.2 Å². The van der Waals surface area contributed by atoms with Gasteiger partial charge in [-0.25, -0.2) is 0 Å². The van der Waals surface area contributed by atoms with Crippen LogP contribution in [-0.4, -0.2) is 18.3 Å². The van der Waals surface area contributed by atoms with Crippen LogP contribution in [-0.2, 0) is 9.53 Å². The van der Waals surface area contributed by atoms with Crippen molar-refractivity contribution in [1.82, 2.24) is 0 Å². The van der Waals surface area contributed by atoms with Gasteiger partial charge in [0.25, 0.3) is 0 Å². The zero-order valence-electron chi connectivity index (χ0n) is 8.23. The van der Waals surface area contributed by atoms with E-state index in [1.807, 2.05) is 37.3 Å². The van der Waals surface area contributed by atoms with Crippen molar-refractivity contribution >= 4 is 16.9 Å². The fourth-order valence-corrected chi connectivity index (χ4v) is 1.65. The van der Waals surface area contributed by atoms with E-state index in [1.165, 1.54) is 11.8 Å². The van der Waals surface area contributed by atoms with Gasteiger partial charge in [0.15, 0.2) is 0 Å². The summed E-state index contributed by atoms with van der Waals surface area (Å²) in [6.45, 7) is 2.88. The molecule has 0 aliphatic rings. The molecule has 0 saturated heterocycles. The molecule has 0 unspecified atom stereocenters. The quantitative estimate of drug-likeness (QED) is 0.552. The minimum absolute atomic E-state index is 0.0599. The maximum absolute atomic E-state index is 11.3. The second-order valence-electron chi connectivity index (χ2n) is 2.84. The monoisotopic (exact) mass is 210 g/mol. The molecule has 3 heteroatoms. The zero-order chi connectivity index (χ0) is 10.2. The average molecular weight is 210 g/mol. The Balaban J connectivity index is 2.27. The Morgan fingerprint density at radius 1 is 1.36 bits per heavy atom. The molecule has 0 heterocycles. The minimum atomic E-state index is 0.0599. The van der Waals surface area contributed by atoms with Gasteiger partial charge >= 0.3 is 0 Å². The van der Waals surface area contributed by atoms with Crippen LogP contribution in [0, 0.1) is 0 Å². The van der Waals surface area contributed by atoms with E-state index in [4.69, 9.17) is 4.74 Å². The minimum Gasteiger partial charge on any atom is -0.373 e. The summed E-state index contributed by atoms with van der Waals surface area (Å²) in [6, 6.07) is 9.61. The first-order valence-corrected chi connectivity index (χ1v) is 5.48. The van der Waals surface area contributed by atoms with Crippen molar-refractivity contribution < 1.29 is 9.53 Å². The van der Waals surface area contributed by atoms with E-state index in [-0.39, 0.29) is 11.7 Å². The molecule has 0 fully saturated rings. The molecule has 0 N–H and O–H groups in total. The largest absolute Gasteiger partial charge is 0.373 e. The summed E-state index contributed by atoms with van der Waals surface area (Å²) in [5.41, 5.74) is 0. The topological polar surface area (TPSA) is 26.3 Å². The normalized spacial score (nSPS) is 10.1. The molecule has 76 valence electrons. The van der Waals surface area contributed by atoms with Crippen molar-refractivity contribution in [3.63, 3.8) is 0 Å². The maximum Gasteiger partial charge on any atom is 0.219 e. The first kappa shape index (κ1) is 11.3. The maximum atomic E-state index is 11.3. The van der Waals surface area contributed by atoms with Crippen LogP contribution in [0.1, 0.15) is 13.3 Å². The van der Waals surface area contributed by atoms with E-state index in [9.17, 15) is 4.79 Å². The van der Waals surface area contributed by atoms with Crippen LogP contribution >= 0.6 is 11.8 Å². The van der Waals surface area contributed by atoms with Gasteiger partial charge in [-0.2, -0.15) is 0 Å². The van der Waals surface area contributed by atoms with Crippen LogP contribution < -0.4 is 0 Å². The molecule has 2 nitrogen and oxygen atoms in total. The number of ether oxygens (including phenoxy) is 1. The SMILES string of the molecule is CCCOCC(=O)Sc1ccccc1. The Hall–Kier alpha value is -0.800. The number of carbonyl (C=O) groups excluding carboxylic acids is 1. The van der Waals surface area contributed by atoms with Gasteiger partial charge in [0.1, 0.15) is 6.61 Å². The van der Waals surface area contributed by atoms with Gasteiger partial charge in [0.05, 0.1) is 0 Å². The van der Waals surface area contributed by atoms with E-state index < -0.39 is 0 Å². The molecular weight excluding hydrogens is 196 g/mol. The summed E-state index contributed by atoms with van der Waals surface area (Å²) in [6.07, 6.45) is 0.948. The molecule has 14 heavy (non-hydrogen) atoms. The van der Waals surface area contributed by atoms with Crippen molar-refractivity contribution in [1.29, 1.82) is 0 Å². The van der Waals surface area contributed by atoms with Crippen LogP contribution in [0.15, 0.2) is 35.2 Å². The van der Waals surface area contributed by atoms with E-state index in [0.717, 1.165) is 11.3 Å². The Bertz CT molecular complexity index is 272.